The Morgan fingerprint density at radius 3 is 1.37 bits per heavy atom. The molecule has 6 N–H and O–H groups in total. The number of aliphatic hydroxyl groups is 4. The minimum absolute atomic E-state index is 0.0783. The number of allylic oxidation sites excluding steroid dienone is 2. The van der Waals surface area contributed by atoms with Crippen LogP contribution in [0.25, 0.3) is 0 Å². The molecule has 0 saturated heterocycles. The predicted molar refractivity (Wildman–Crippen MR) is 330 cm³/mol. The van der Waals surface area contributed by atoms with Crippen LogP contribution in [0, 0.1) is 35.5 Å². The van der Waals surface area contributed by atoms with E-state index in [4.69, 9.17) is 32.7 Å². The van der Waals surface area contributed by atoms with E-state index in [2.05, 4.69) is 43.5 Å². The molecule has 6 aliphatic carbocycles. The lowest BCUT2D eigenvalue weighted by Gasteiger charge is -2.45. The largest absolute Gasteiger partial charge is 0.490 e. The number of ether oxygens (including phenoxy) is 2. The Bertz CT molecular complexity index is 3360. The van der Waals surface area contributed by atoms with E-state index in [0.717, 1.165) is 85.6 Å². The van der Waals surface area contributed by atoms with E-state index in [-0.39, 0.29) is 70.3 Å². The van der Waals surface area contributed by atoms with Gasteiger partial charge in [0.1, 0.15) is 11.5 Å². The minimum atomic E-state index is -4.05. The lowest BCUT2D eigenvalue weighted by atomic mass is 9.68. The molecular weight excluding hydrogens is 1180 g/mol. The molecule has 4 saturated carbocycles. The van der Waals surface area contributed by atoms with Gasteiger partial charge in [0, 0.05) is 58.2 Å². The number of anilines is 2. The maximum atomic E-state index is 13.5. The van der Waals surface area contributed by atoms with Crippen molar-refractivity contribution in [3.05, 3.63) is 141 Å². The molecule has 4 fully saturated rings. The number of benzene rings is 4. The number of nitrogens with one attached hydrogen (secondary N) is 2. The summed E-state index contributed by atoms with van der Waals surface area (Å²) in [6, 6.07) is 22.6. The monoisotopic (exact) mass is 1250 g/mol. The van der Waals surface area contributed by atoms with E-state index >= 15 is 0 Å². The Hall–Kier alpha value is -5.18. The Morgan fingerprint density at radius 1 is 0.535 bits per heavy atom. The van der Waals surface area contributed by atoms with Crippen LogP contribution in [-0.2, 0) is 43.7 Å². The van der Waals surface area contributed by atoms with Gasteiger partial charge in [-0.25, -0.2) is 26.3 Å². The van der Waals surface area contributed by atoms with Crippen molar-refractivity contribution >= 4 is 66.4 Å². The third-order valence-corrected chi connectivity index (χ3v) is 25.5. The molecule has 10 aliphatic rings. The van der Waals surface area contributed by atoms with Gasteiger partial charge in [-0.15, -0.1) is 0 Å². The first kappa shape index (κ1) is 59.8. The highest BCUT2D eigenvalue weighted by atomic mass is 35.5. The van der Waals surface area contributed by atoms with E-state index in [1.54, 1.807) is 48.6 Å². The molecule has 2 amide bonds. The Morgan fingerprint density at radius 2 is 0.965 bits per heavy atom. The third-order valence-electron chi connectivity index (χ3n) is 21.4. The van der Waals surface area contributed by atoms with E-state index in [1.807, 2.05) is 24.3 Å². The first-order valence-electron chi connectivity index (χ1n) is 31.0. The highest BCUT2D eigenvalue weighted by Gasteiger charge is 2.49. The number of carbonyl (C=O) groups is 2. The number of carbonyl (C=O) groups excluding carboxylic acids is 2. The number of amides is 2. The number of hydrogen-bond acceptors (Lipinski definition) is 14. The summed E-state index contributed by atoms with van der Waals surface area (Å²) in [7, 11) is -8.11. The molecule has 4 bridgehead atoms. The third kappa shape index (κ3) is 11.6. The molecule has 4 aromatic carbocycles. The van der Waals surface area contributed by atoms with Gasteiger partial charge in [-0.05, 0) is 221 Å². The van der Waals surface area contributed by atoms with Gasteiger partial charge in [-0.2, -0.15) is 0 Å². The highest BCUT2D eigenvalue weighted by molar-refractivity contribution is 7.91. The number of halogens is 2. The van der Waals surface area contributed by atoms with Crippen molar-refractivity contribution in [1.29, 1.82) is 0 Å². The quantitative estimate of drug-likeness (QED) is 0.0905. The average molecular weight is 1250 g/mol. The van der Waals surface area contributed by atoms with Crippen LogP contribution in [0.4, 0.5) is 11.4 Å². The van der Waals surface area contributed by atoms with Crippen molar-refractivity contribution < 1.29 is 56.3 Å². The lowest BCUT2D eigenvalue weighted by molar-refractivity contribution is 0.0454. The molecule has 4 heterocycles. The summed E-state index contributed by atoms with van der Waals surface area (Å²) in [5.41, 5.74) is 6.43. The second-order valence-corrected chi connectivity index (χ2v) is 31.4. The minimum Gasteiger partial charge on any atom is -0.490 e. The molecule has 20 heteroatoms. The number of hydrogen-bond donors (Lipinski definition) is 6. The second kappa shape index (κ2) is 23.6. The lowest BCUT2D eigenvalue weighted by Crippen LogP contribution is -2.49. The molecule has 2 spiro atoms. The van der Waals surface area contributed by atoms with Crippen molar-refractivity contribution in [2.45, 2.75) is 148 Å². The van der Waals surface area contributed by atoms with E-state index in [1.165, 1.54) is 22.3 Å². The highest BCUT2D eigenvalue weighted by Crippen LogP contribution is 2.50. The predicted octanol–water partition coefficient (Wildman–Crippen LogP) is 8.72. The molecule has 1 unspecified atom stereocenters. The van der Waals surface area contributed by atoms with Crippen LogP contribution >= 0.6 is 23.2 Å². The Balaban J connectivity index is 0.000000160. The maximum absolute atomic E-state index is 13.5. The van der Waals surface area contributed by atoms with Crippen LogP contribution in [-0.4, -0.2) is 123 Å². The molecule has 4 aliphatic heterocycles. The molecule has 14 rings (SSSR count). The van der Waals surface area contributed by atoms with Gasteiger partial charge in [-0.3, -0.25) is 9.59 Å². The Kier molecular flexibility index (Phi) is 16.4. The number of fused-ring (bicyclic) bond motifs is 10. The maximum Gasteiger partial charge on any atom is 0.264 e. The molecule has 86 heavy (non-hydrogen) atoms. The average Bonchev–Trinajstić information content (AvgIpc) is 1.63. The fourth-order valence-electron chi connectivity index (χ4n) is 16.6. The molecular formula is C66H78Cl2N4O12S2. The Labute approximate surface area is 514 Å². The smallest absolute Gasteiger partial charge is 0.264 e. The zero-order valence-electron chi connectivity index (χ0n) is 48.2. The van der Waals surface area contributed by atoms with Gasteiger partial charge < -0.3 is 39.7 Å². The van der Waals surface area contributed by atoms with Gasteiger partial charge in [0.25, 0.3) is 11.8 Å². The van der Waals surface area contributed by atoms with Crippen LogP contribution in [0.2, 0.25) is 10.0 Å². The van der Waals surface area contributed by atoms with Crippen molar-refractivity contribution in [3.63, 3.8) is 0 Å². The van der Waals surface area contributed by atoms with Crippen molar-refractivity contribution in [1.82, 2.24) is 9.44 Å². The molecule has 460 valence electrons. The fourth-order valence-corrected chi connectivity index (χ4v) is 20.4. The van der Waals surface area contributed by atoms with Crippen molar-refractivity contribution in [2.75, 3.05) is 49.2 Å². The van der Waals surface area contributed by atoms with Crippen LogP contribution in [0.15, 0.2) is 97.1 Å². The van der Waals surface area contributed by atoms with Crippen LogP contribution in [0.3, 0.4) is 0 Å². The van der Waals surface area contributed by atoms with Gasteiger partial charge in [0.2, 0.25) is 20.0 Å². The van der Waals surface area contributed by atoms with Crippen LogP contribution in [0.1, 0.15) is 133 Å². The number of nitrogens with zero attached hydrogens (tertiary/aromatic N) is 2. The van der Waals surface area contributed by atoms with Crippen molar-refractivity contribution in [3.8, 4) is 11.5 Å². The SMILES string of the molecule is O=C1NS(=O)(=O)C2C[C@H](O)C[C@H]2C/C=C/[C@H](O)[C@@H]2CC[C@H]2CN2C[C@@]3(CCCc4cc(Cl)ccc43)COc3ccc1cc32.O=C1NS(=O)(=O)[C@H]2C[C@@H](O)C[C@@H]2C/C=C/[C@H](O)[C@@H]2CC[C@H]2CN2C[C@@]3(CCCc4cc(Cl)ccc43)COc3ccc1cc32. The van der Waals surface area contributed by atoms with Crippen molar-refractivity contribution in [2.24, 2.45) is 35.5 Å². The number of aryl methyl sites for hydroxylation is 2. The summed E-state index contributed by atoms with van der Waals surface area (Å²) in [5.74, 6) is -0.0367. The fraction of sp³-hybridized carbons (Fsp3) is 0.545. The summed E-state index contributed by atoms with van der Waals surface area (Å²) in [4.78, 5) is 31.5. The van der Waals surface area contributed by atoms with Gasteiger partial charge in [0.05, 0.1) is 59.5 Å². The molecule has 0 aromatic heterocycles. The van der Waals surface area contributed by atoms with Gasteiger partial charge in [0.15, 0.2) is 0 Å². The molecule has 4 aromatic rings. The zero-order chi connectivity index (χ0) is 59.9. The second-order valence-electron chi connectivity index (χ2n) is 26.7. The zero-order valence-corrected chi connectivity index (χ0v) is 51.4. The number of rotatable bonds is 0. The summed E-state index contributed by atoms with van der Waals surface area (Å²) in [6.07, 6.45) is 15.9. The van der Waals surface area contributed by atoms with Gasteiger partial charge >= 0.3 is 0 Å². The summed E-state index contributed by atoms with van der Waals surface area (Å²) in [6.45, 7) is 3.70. The summed E-state index contributed by atoms with van der Waals surface area (Å²) < 4.78 is 71.4. The van der Waals surface area contributed by atoms with E-state index in [0.29, 0.717) is 76.6 Å². The molecule has 0 radical (unpaired) electrons. The normalized spacial score (nSPS) is 35.8. The van der Waals surface area contributed by atoms with E-state index in [9.17, 15) is 46.9 Å². The first-order valence-corrected chi connectivity index (χ1v) is 34.9. The molecule has 16 nitrogen and oxygen atoms in total. The standard InChI is InChI=1S/2C33H39ClN2O6S/c2*34-24-8-10-27-20(13-24)4-2-12-33(27)18-36-17-23-6-9-26(23)29(38)5-1-3-21-14-25(37)16-31(21)43(40,41)35-32(39)22-7-11-30(42-19-33)28(36)15-22/h2*1,5,7-8,10-11,13,15,21,23,25-26,29,31,37-38H,2-4,6,9,12,14,16-19H2,(H,35,39)/b2*5-1+/t21-,23+,25-,26-,29+,31?,33+;21-,23-,25-,26+,29-,31-,33-/m10/s1. The van der Waals surface area contributed by atoms with Crippen LogP contribution in [0.5, 0.6) is 11.5 Å². The van der Waals surface area contributed by atoms with E-state index < -0.39 is 66.8 Å². The first-order chi connectivity index (χ1) is 41.2. The molecule has 14 atom stereocenters. The van der Waals surface area contributed by atoms with Gasteiger partial charge in [-0.1, -0.05) is 59.6 Å². The summed E-state index contributed by atoms with van der Waals surface area (Å²) in [5, 5.41) is 42.7. The summed E-state index contributed by atoms with van der Waals surface area (Å²) >= 11 is 12.8. The number of aliphatic hydroxyl groups excluding tert-OH is 4. The number of sulfonamides is 2. The topological polar surface area (TPSA) is 232 Å². The van der Waals surface area contributed by atoms with Crippen LogP contribution < -0.4 is 28.7 Å².